The van der Waals surface area contributed by atoms with Crippen LogP contribution in [0.4, 0.5) is 13.2 Å². The van der Waals surface area contributed by atoms with Gasteiger partial charge in [-0.2, -0.15) is 13.2 Å². The summed E-state index contributed by atoms with van der Waals surface area (Å²) < 4.78 is 53.5. The second-order valence-corrected chi connectivity index (χ2v) is 9.48. The van der Waals surface area contributed by atoms with E-state index >= 15 is 0 Å². The van der Waals surface area contributed by atoms with Gasteiger partial charge in [0.25, 0.3) is 5.91 Å². The monoisotopic (exact) mass is 498 g/mol. The van der Waals surface area contributed by atoms with E-state index in [1.54, 1.807) is 6.07 Å². The number of methoxy groups -OCH3 is 1. The highest BCUT2D eigenvalue weighted by Crippen LogP contribution is 2.38. The van der Waals surface area contributed by atoms with Gasteiger partial charge in [0, 0.05) is 36.9 Å². The Morgan fingerprint density at radius 2 is 1.94 bits per heavy atom. The van der Waals surface area contributed by atoms with Crippen LogP contribution in [0, 0.1) is 0 Å². The molecule has 9 heteroatoms. The van der Waals surface area contributed by atoms with E-state index in [9.17, 15) is 18.0 Å². The maximum absolute atomic E-state index is 13.5. The Balaban J connectivity index is 1.79. The van der Waals surface area contributed by atoms with Crippen molar-refractivity contribution in [3.63, 3.8) is 0 Å². The van der Waals surface area contributed by atoms with Crippen LogP contribution in [0.3, 0.4) is 0 Å². The van der Waals surface area contributed by atoms with Crippen molar-refractivity contribution in [1.82, 2.24) is 9.88 Å². The number of benzene rings is 1. The summed E-state index contributed by atoms with van der Waals surface area (Å²) in [5, 5.41) is 3.30. The second kappa shape index (κ2) is 10.7. The number of rotatable bonds is 7. The molecule has 5 nitrogen and oxygen atoms in total. The van der Waals surface area contributed by atoms with Crippen molar-refractivity contribution in [1.29, 1.82) is 0 Å². The molecular weight excluding hydrogens is 469 g/mol. The summed E-state index contributed by atoms with van der Waals surface area (Å²) in [6, 6.07) is 5.00. The topological polar surface area (TPSA) is 52.5 Å². The molecule has 1 atom stereocenters. The average Bonchev–Trinajstić information content (AvgIpc) is 3.43. The zero-order valence-corrected chi connectivity index (χ0v) is 20.0. The smallest absolute Gasteiger partial charge is 0.378 e. The molecule has 1 amide bonds. The van der Waals surface area contributed by atoms with E-state index in [4.69, 9.17) is 21.1 Å². The van der Waals surface area contributed by atoms with Gasteiger partial charge >= 0.3 is 6.18 Å². The number of carbonyl (C=O) groups is 1. The van der Waals surface area contributed by atoms with Crippen molar-refractivity contribution in [3.8, 4) is 11.3 Å². The number of hydrogen-bond donors (Lipinski definition) is 1. The Morgan fingerprint density at radius 1 is 1.18 bits per heavy atom. The van der Waals surface area contributed by atoms with E-state index in [1.165, 1.54) is 13.2 Å². The van der Waals surface area contributed by atoms with Crippen LogP contribution in [0.5, 0.6) is 0 Å². The lowest BCUT2D eigenvalue weighted by Gasteiger charge is -2.23. The maximum atomic E-state index is 13.5. The largest absolute Gasteiger partial charge is 0.416 e. The minimum atomic E-state index is -4.51. The van der Waals surface area contributed by atoms with Crippen LogP contribution in [-0.2, 0) is 28.8 Å². The summed E-state index contributed by atoms with van der Waals surface area (Å²) in [4.78, 5) is 13.3. The van der Waals surface area contributed by atoms with Gasteiger partial charge in [-0.1, -0.05) is 30.9 Å². The fourth-order valence-electron chi connectivity index (χ4n) is 4.91. The first kappa shape index (κ1) is 25.1. The molecule has 1 N–H and O–H groups in total. The van der Waals surface area contributed by atoms with E-state index in [2.05, 4.69) is 5.32 Å². The Hall–Kier alpha value is -2.03. The summed E-state index contributed by atoms with van der Waals surface area (Å²) in [6.45, 7) is 1.17. The number of nitrogens with one attached hydrogen (secondary N) is 1. The van der Waals surface area contributed by atoms with Gasteiger partial charge in [0.1, 0.15) is 0 Å². The standard InChI is InChI=1S/C25H30ClF3N2O3/c1-33-15-23-20(24(32)30-17-6-3-2-4-7-17)13-22(31(23)14-18-8-5-11-34-18)19-12-16(25(27,28)29)9-10-21(19)26/h9-10,12-13,17-18H,2-8,11,14-15H2,1H3,(H,30,32)/t18-/m1/s1. The lowest BCUT2D eigenvalue weighted by atomic mass is 9.95. The van der Waals surface area contributed by atoms with Crippen molar-refractivity contribution >= 4 is 17.5 Å². The van der Waals surface area contributed by atoms with E-state index in [1.807, 2.05) is 4.57 Å². The molecule has 1 saturated heterocycles. The molecule has 0 unspecified atom stereocenters. The number of amides is 1. The number of ether oxygens (including phenoxy) is 2. The average molecular weight is 499 g/mol. The predicted octanol–water partition coefficient (Wildman–Crippen LogP) is 6.22. The van der Waals surface area contributed by atoms with Crippen LogP contribution in [0.15, 0.2) is 24.3 Å². The van der Waals surface area contributed by atoms with Gasteiger partial charge in [-0.15, -0.1) is 0 Å². The molecule has 2 aromatic rings. The Labute approximate surface area is 202 Å². The van der Waals surface area contributed by atoms with Crippen LogP contribution in [0.2, 0.25) is 5.02 Å². The molecule has 0 bridgehead atoms. The number of hydrogen-bond acceptors (Lipinski definition) is 3. The summed E-state index contributed by atoms with van der Waals surface area (Å²) in [5.41, 5.74) is 0.887. The fourth-order valence-corrected chi connectivity index (χ4v) is 5.12. The molecule has 1 aromatic heterocycles. The van der Waals surface area contributed by atoms with E-state index in [0.29, 0.717) is 30.1 Å². The Morgan fingerprint density at radius 3 is 2.59 bits per heavy atom. The number of aromatic nitrogens is 1. The summed E-state index contributed by atoms with van der Waals surface area (Å²) in [5.74, 6) is -0.241. The van der Waals surface area contributed by atoms with E-state index in [0.717, 1.165) is 57.1 Å². The molecule has 34 heavy (non-hydrogen) atoms. The molecule has 2 fully saturated rings. The molecule has 2 aliphatic rings. The molecule has 186 valence electrons. The van der Waals surface area contributed by atoms with Crippen LogP contribution in [-0.4, -0.2) is 36.3 Å². The Bertz CT molecular complexity index is 1010. The third-order valence-corrected chi connectivity index (χ3v) is 6.98. The zero-order chi connectivity index (χ0) is 24.3. The van der Waals surface area contributed by atoms with Gasteiger partial charge in [-0.25, -0.2) is 0 Å². The molecule has 0 radical (unpaired) electrons. The minimum absolute atomic E-state index is 0.0961. The molecule has 1 aliphatic carbocycles. The molecule has 1 aliphatic heterocycles. The fraction of sp³-hybridized carbons (Fsp3) is 0.560. The molecule has 1 saturated carbocycles. The highest BCUT2D eigenvalue weighted by molar-refractivity contribution is 6.33. The third kappa shape index (κ3) is 5.61. The highest BCUT2D eigenvalue weighted by Gasteiger charge is 2.32. The number of carbonyl (C=O) groups excluding carboxylic acids is 1. The summed E-state index contributed by atoms with van der Waals surface area (Å²) >= 11 is 6.40. The molecule has 2 heterocycles. The summed E-state index contributed by atoms with van der Waals surface area (Å²) in [6.07, 6.45) is 2.30. The van der Waals surface area contributed by atoms with Gasteiger partial charge in [-0.3, -0.25) is 4.79 Å². The van der Waals surface area contributed by atoms with Gasteiger partial charge in [-0.05, 0) is 49.9 Å². The van der Waals surface area contributed by atoms with Crippen molar-refractivity contribution < 1.29 is 27.4 Å². The van der Waals surface area contributed by atoms with Crippen molar-refractivity contribution in [2.45, 2.75) is 76.4 Å². The molecule has 4 rings (SSSR count). The lowest BCUT2D eigenvalue weighted by molar-refractivity contribution is -0.137. The van der Waals surface area contributed by atoms with E-state index in [-0.39, 0.29) is 35.2 Å². The van der Waals surface area contributed by atoms with Gasteiger partial charge in [0.15, 0.2) is 0 Å². The van der Waals surface area contributed by atoms with Crippen LogP contribution in [0.1, 0.15) is 66.6 Å². The normalized spacial score (nSPS) is 19.5. The van der Waals surface area contributed by atoms with E-state index < -0.39 is 11.7 Å². The summed E-state index contributed by atoms with van der Waals surface area (Å²) in [7, 11) is 1.53. The van der Waals surface area contributed by atoms with Crippen molar-refractivity contribution in [2.75, 3.05) is 13.7 Å². The quantitative estimate of drug-likeness (QED) is 0.493. The minimum Gasteiger partial charge on any atom is -0.378 e. The first-order valence-electron chi connectivity index (χ1n) is 11.8. The Kier molecular flexibility index (Phi) is 7.90. The predicted molar refractivity (Wildman–Crippen MR) is 124 cm³/mol. The van der Waals surface area contributed by atoms with Gasteiger partial charge in [0.2, 0.25) is 0 Å². The molecular formula is C25H30ClF3N2O3. The highest BCUT2D eigenvalue weighted by atomic mass is 35.5. The first-order valence-corrected chi connectivity index (χ1v) is 12.2. The first-order chi connectivity index (χ1) is 16.3. The number of halogens is 4. The van der Waals surface area contributed by atoms with Crippen LogP contribution >= 0.6 is 11.6 Å². The SMILES string of the molecule is COCc1c(C(=O)NC2CCCCC2)cc(-c2cc(C(F)(F)F)ccc2Cl)n1C[C@H]1CCCO1. The van der Waals surface area contributed by atoms with Gasteiger partial charge in [0.05, 0.1) is 35.2 Å². The van der Waals surface area contributed by atoms with Crippen molar-refractivity contribution in [3.05, 3.63) is 46.1 Å². The second-order valence-electron chi connectivity index (χ2n) is 9.07. The van der Waals surface area contributed by atoms with Crippen molar-refractivity contribution in [2.24, 2.45) is 0 Å². The maximum Gasteiger partial charge on any atom is 0.416 e. The molecule has 1 aromatic carbocycles. The number of alkyl halides is 3. The zero-order valence-electron chi connectivity index (χ0n) is 19.2. The third-order valence-electron chi connectivity index (χ3n) is 6.65. The lowest BCUT2D eigenvalue weighted by Crippen LogP contribution is -2.36. The number of nitrogens with zero attached hydrogens (tertiary/aromatic N) is 1. The van der Waals surface area contributed by atoms with Crippen LogP contribution < -0.4 is 5.32 Å². The van der Waals surface area contributed by atoms with Crippen LogP contribution in [0.25, 0.3) is 11.3 Å². The van der Waals surface area contributed by atoms with Gasteiger partial charge < -0.3 is 19.4 Å². The molecule has 0 spiro atoms.